The molecule has 132 valence electrons. The van der Waals surface area contributed by atoms with Gasteiger partial charge in [0.1, 0.15) is 11.5 Å². The molecule has 5 heteroatoms. The molecule has 25 heavy (non-hydrogen) atoms. The third-order valence-electron chi connectivity index (χ3n) is 5.23. The van der Waals surface area contributed by atoms with Crippen molar-refractivity contribution in [2.45, 2.75) is 32.1 Å². The first-order valence-electron chi connectivity index (χ1n) is 8.87. The van der Waals surface area contributed by atoms with Gasteiger partial charge in [-0.05, 0) is 11.5 Å². The molecule has 5 nitrogen and oxygen atoms in total. The quantitative estimate of drug-likeness (QED) is 0.608. The van der Waals surface area contributed by atoms with Gasteiger partial charge >= 0.3 is 5.97 Å². The van der Waals surface area contributed by atoms with E-state index in [1.807, 2.05) is 56.3 Å². The summed E-state index contributed by atoms with van der Waals surface area (Å²) in [6, 6.07) is 9.88. The van der Waals surface area contributed by atoms with Crippen LogP contribution < -0.4 is 0 Å². The van der Waals surface area contributed by atoms with E-state index in [9.17, 15) is 9.59 Å². The summed E-state index contributed by atoms with van der Waals surface area (Å²) in [6.45, 7) is 5.38. The fourth-order valence-electron chi connectivity index (χ4n) is 4.13. The number of rotatable bonds is 5. The first kappa shape index (κ1) is 16.3. The van der Waals surface area contributed by atoms with Gasteiger partial charge in [0.25, 0.3) is 0 Å². The fourth-order valence-corrected chi connectivity index (χ4v) is 4.13. The number of likely N-dealkylation sites (tertiary alicyclic amines) is 1. The summed E-state index contributed by atoms with van der Waals surface area (Å²) in [7, 11) is 0. The summed E-state index contributed by atoms with van der Waals surface area (Å²) < 4.78 is 11.5. The standard InChI is InChI=1S/C20H23NO4/c1-13(2)11-24-19(23)16-15-8-9-20(25-15)12-21(18(22)17(16)20)10-14-6-4-3-5-7-14/h3-9,13,15-17H,10-12H2,1-2H3. The monoisotopic (exact) mass is 341 g/mol. The number of esters is 1. The van der Waals surface area contributed by atoms with Crippen LogP contribution in [0.15, 0.2) is 42.5 Å². The number of carbonyl (C=O) groups is 2. The molecule has 1 aromatic carbocycles. The minimum absolute atomic E-state index is 0.0119. The second-order valence-electron chi connectivity index (χ2n) is 7.60. The molecular formula is C20H23NO4. The highest BCUT2D eigenvalue weighted by Crippen LogP contribution is 2.52. The second kappa shape index (κ2) is 5.99. The molecule has 2 fully saturated rings. The first-order valence-corrected chi connectivity index (χ1v) is 8.87. The van der Waals surface area contributed by atoms with E-state index in [0.717, 1.165) is 5.56 Å². The zero-order chi connectivity index (χ0) is 17.6. The molecule has 1 spiro atoms. The normalized spacial score (nSPS) is 32.5. The molecule has 0 aromatic heterocycles. The molecule has 1 amide bonds. The van der Waals surface area contributed by atoms with Crippen molar-refractivity contribution < 1.29 is 19.1 Å². The van der Waals surface area contributed by atoms with E-state index in [1.54, 1.807) is 4.90 Å². The molecule has 2 saturated heterocycles. The molecule has 4 unspecified atom stereocenters. The van der Waals surface area contributed by atoms with Crippen LogP contribution in [0.1, 0.15) is 19.4 Å². The number of ether oxygens (including phenoxy) is 2. The number of carbonyl (C=O) groups excluding carboxylic acids is 2. The van der Waals surface area contributed by atoms with Crippen molar-refractivity contribution in [3.8, 4) is 0 Å². The van der Waals surface area contributed by atoms with Gasteiger partial charge in [0.2, 0.25) is 5.91 Å². The van der Waals surface area contributed by atoms with Crippen LogP contribution in [-0.2, 0) is 25.6 Å². The zero-order valence-corrected chi connectivity index (χ0v) is 14.6. The Morgan fingerprint density at radius 1 is 1.36 bits per heavy atom. The van der Waals surface area contributed by atoms with E-state index >= 15 is 0 Å². The highest BCUT2D eigenvalue weighted by molar-refractivity contribution is 5.91. The van der Waals surface area contributed by atoms with Gasteiger partial charge < -0.3 is 14.4 Å². The maximum Gasteiger partial charge on any atom is 0.312 e. The molecule has 0 saturated carbocycles. The smallest absolute Gasteiger partial charge is 0.312 e. The van der Waals surface area contributed by atoms with Gasteiger partial charge in [-0.25, -0.2) is 0 Å². The average Bonchev–Trinajstić information content (AvgIpc) is 3.22. The number of hydrogen-bond acceptors (Lipinski definition) is 4. The third-order valence-corrected chi connectivity index (χ3v) is 5.23. The maximum atomic E-state index is 13.0. The van der Waals surface area contributed by atoms with Gasteiger partial charge in [-0.3, -0.25) is 9.59 Å². The average molecular weight is 341 g/mol. The molecule has 1 aromatic rings. The Kier molecular flexibility index (Phi) is 3.91. The predicted molar refractivity (Wildman–Crippen MR) is 91.4 cm³/mol. The number of benzene rings is 1. The molecule has 0 radical (unpaired) electrons. The van der Waals surface area contributed by atoms with Crippen LogP contribution >= 0.6 is 0 Å². The van der Waals surface area contributed by atoms with Crippen molar-refractivity contribution in [3.05, 3.63) is 48.0 Å². The lowest BCUT2D eigenvalue weighted by atomic mass is 9.77. The number of hydrogen-bond donors (Lipinski definition) is 0. The third kappa shape index (κ3) is 2.67. The molecule has 4 rings (SSSR count). The molecular weight excluding hydrogens is 318 g/mol. The molecule has 2 bridgehead atoms. The maximum absolute atomic E-state index is 13.0. The van der Waals surface area contributed by atoms with Crippen molar-refractivity contribution >= 4 is 11.9 Å². The van der Waals surface area contributed by atoms with Gasteiger partial charge in [-0.15, -0.1) is 0 Å². The van der Waals surface area contributed by atoms with Crippen LogP contribution in [0.25, 0.3) is 0 Å². The zero-order valence-electron chi connectivity index (χ0n) is 14.6. The summed E-state index contributed by atoms with van der Waals surface area (Å²) >= 11 is 0. The van der Waals surface area contributed by atoms with E-state index in [4.69, 9.17) is 9.47 Å². The number of fused-ring (bicyclic) bond motifs is 1. The topological polar surface area (TPSA) is 55.8 Å². The number of nitrogens with zero attached hydrogens (tertiary/aromatic N) is 1. The Morgan fingerprint density at radius 3 is 2.84 bits per heavy atom. The Labute approximate surface area is 147 Å². The van der Waals surface area contributed by atoms with Gasteiger partial charge in [-0.2, -0.15) is 0 Å². The molecule has 3 heterocycles. The van der Waals surface area contributed by atoms with Crippen molar-refractivity contribution in [1.82, 2.24) is 4.90 Å². The van der Waals surface area contributed by atoms with E-state index in [-0.39, 0.29) is 23.9 Å². The van der Waals surface area contributed by atoms with Crippen LogP contribution in [0.3, 0.4) is 0 Å². The van der Waals surface area contributed by atoms with Crippen LogP contribution in [-0.4, -0.2) is 41.6 Å². The summed E-state index contributed by atoms with van der Waals surface area (Å²) in [4.78, 5) is 27.4. The summed E-state index contributed by atoms with van der Waals surface area (Å²) in [5.74, 6) is -1.06. The number of amides is 1. The Hall–Kier alpha value is -2.14. The predicted octanol–water partition coefficient (Wildman–Crippen LogP) is 2.17. The van der Waals surface area contributed by atoms with Crippen LogP contribution in [0.5, 0.6) is 0 Å². The fraction of sp³-hybridized carbons (Fsp3) is 0.500. The molecule has 0 aliphatic carbocycles. The minimum atomic E-state index is -0.669. The van der Waals surface area contributed by atoms with Gasteiger partial charge in [-0.1, -0.05) is 56.3 Å². The lowest BCUT2D eigenvalue weighted by Crippen LogP contribution is -2.40. The lowest BCUT2D eigenvalue weighted by molar-refractivity contribution is -0.154. The lowest BCUT2D eigenvalue weighted by Gasteiger charge is -2.23. The minimum Gasteiger partial charge on any atom is -0.465 e. The van der Waals surface area contributed by atoms with Crippen molar-refractivity contribution in [2.24, 2.45) is 17.8 Å². The summed E-state index contributed by atoms with van der Waals surface area (Å²) in [5, 5.41) is 0. The van der Waals surface area contributed by atoms with Crippen molar-refractivity contribution in [3.63, 3.8) is 0 Å². The molecule has 3 aliphatic heterocycles. The highest BCUT2D eigenvalue weighted by Gasteiger charge is 2.67. The molecule has 3 aliphatic rings. The van der Waals surface area contributed by atoms with E-state index in [1.165, 1.54) is 0 Å². The van der Waals surface area contributed by atoms with E-state index in [2.05, 4.69) is 0 Å². The first-order chi connectivity index (χ1) is 12.0. The summed E-state index contributed by atoms with van der Waals surface area (Å²) in [5.41, 5.74) is 0.405. The van der Waals surface area contributed by atoms with Crippen LogP contribution in [0.2, 0.25) is 0 Å². The Morgan fingerprint density at radius 2 is 2.12 bits per heavy atom. The SMILES string of the molecule is CC(C)COC(=O)C1C2C=CC3(CN(Cc4ccccc4)C(=O)C13)O2. The van der Waals surface area contributed by atoms with Crippen LogP contribution in [0.4, 0.5) is 0 Å². The van der Waals surface area contributed by atoms with Gasteiger partial charge in [0, 0.05) is 6.54 Å². The van der Waals surface area contributed by atoms with Gasteiger partial charge in [0.15, 0.2) is 0 Å². The van der Waals surface area contributed by atoms with Crippen molar-refractivity contribution in [1.29, 1.82) is 0 Å². The summed E-state index contributed by atoms with van der Waals surface area (Å²) in [6.07, 6.45) is 3.54. The Bertz CT molecular complexity index is 714. The molecule has 0 N–H and O–H groups in total. The second-order valence-corrected chi connectivity index (χ2v) is 7.60. The van der Waals surface area contributed by atoms with Gasteiger partial charge in [0.05, 0.1) is 25.2 Å². The largest absolute Gasteiger partial charge is 0.465 e. The van der Waals surface area contributed by atoms with E-state index in [0.29, 0.717) is 19.7 Å². The van der Waals surface area contributed by atoms with Crippen LogP contribution in [0, 0.1) is 17.8 Å². The molecule has 4 atom stereocenters. The van der Waals surface area contributed by atoms with E-state index < -0.39 is 17.4 Å². The Balaban J connectivity index is 1.54. The van der Waals surface area contributed by atoms with Crippen molar-refractivity contribution in [2.75, 3.05) is 13.2 Å². The highest BCUT2D eigenvalue weighted by atomic mass is 16.6.